The van der Waals surface area contributed by atoms with Gasteiger partial charge < -0.3 is 15.4 Å². The van der Waals surface area contributed by atoms with Crippen molar-refractivity contribution in [1.82, 2.24) is 4.98 Å². The Morgan fingerprint density at radius 2 is 2.36 bits per heavy atom. The van der Waals surface area contributed by atoms with Gasteiger partial charge in [0.2, 0.25) is 0 Å². The summed E-state index contributed by atoms with van der Waals surface area (Å²) in [6.45, 7) is 2.16. The van der Waals surface area contributed by atoms with Crippen molar-refractivity contribution in [1.29, 1.82) is 0 Å². The molecule has 0 atom stereocenters. The largest absolute Gasteiger partial charge is 0.481 e. The smallest absolute Gasteiger partial charge is 0.296 e. The van der Waals surface area contributed by atoms with Crippen LogP contribution in [0.2, 0.25) is 0 Å². The lowest BCUT2D eigenvalue weighted by atomic mass is 10.2. The zero-order chi connectivity index (χ0) is 15.7. The summed E-state index contributed by atoms with van der Waals surface area (Å²) in [6.07, 6.45) is 0. The standard InChI is InChI=1S/C13H12N4O4S/c1-7-12(22-6-15-7)4-14-8-2-9-11(3-10(8)17(19)20)21-5-13(18)16-9/h2-3,6,14H,4-5H2,1H3,(H,16,18). The molecule has 0 aliphatic carbocycles. The summed E-state index contributed by atoms with van der Waals surface area (Å²) < 4.78 is 5.20. The third kappa shape index (κ3) is 2.70. The van der Waals surface area contributed by atoms with Gasteiger partial charge in [0.05, 0.1) is 34.4 Å². The van der Waals surface area contributed by atoms with Gasteiger partial charge in [-0.1, -0.05) is 0 Å². The Morgan fingerprint density at radius 1 is 1.55 bits per heavy atom. The highest BCUT2D eigenvalue weighted by Crippen LogP contribution is 2.38. The fourth-order valence-corrected chi connectivity index (χ4v) is 2.80. The van der Waals surface area contributed by atoms with Crippen molar-refractivity contribution in [2.75, 3.05) is 17.2 Å². The number of nitro groups is 1. The molecule has 9 heteroatoms. The second kappa shape index (κ2) is 5.60. The van der Waals surface area contributed by atoms with E-state index in [9.17, 15) is 14.9 Å². The number of nitro benzene ring substituents is 1. The number of rotatable bonds is 4. The van der Waals surface area contributed by atoms with E-state index >= 15 is 0 Å². The molecule has 8 nitrogen and oxygen atoms in total. The molecule has 0 unspecified atom stereocenters. The average Bonchev–Trinajstić information content (AvgIpc) is 2.89. The molecule has 0 radical (unpaired) electrons. The summed E-state index contributed by atoms with van der Waals surface area (Å²) in [7, 11) is 0. The van der Waals surface area contributed by atoms with Gasteiger partial charge >= 0.3 is 0 Å². The third-order valence-corrected chi connectivity index (χ3v) is 4.15. The number of carbonyl (C=O) groups is 1. The van der Waals surface area contributed by atoms with Gasteiger partial charge in [0.25, 0.3) is 11.6 Å². The van der Waals surface area contributed by atoms with Gasteiger partial charge in [0.1, 0.15) is 5.69 Å². The average molecular weight is 320 g/mol. The number of fused-ring (bicyclic) bond motifs is 1. The Bertz CT molecular complexity index is 758. The van der Waals surface area contributed by atoms with Gasteiger partial charge in [-0.2, -0.15) is 0 Å². The highest BCUT2D eigenvalue weighted by Gasteiger charge is 2.23. The molecule has 1 aromatic carbocycles. The van der Waals surface area contributed by atoms with Crippen LogP contribution in [-0.4, -0.2) is 22.4 Å². The van der Waals surface area contributed by atoms with Crippen LogP contribution in [0, 0.1) is 17.0 Å². The van der Waals surface area contributed by atoms with Crippen LogP contribution in [0.4, 0.5) is 17.1 Å². The zero-order valence-electron chi connectivity index (χ0n) is 11.6. The second-order valence-electron chi connectivity index (χ2n) is 4.67. The Morgan fingerprint density at radius 3 is 3.05 bits per heavy atom. The zero-order valence-corrected chi connectivity index (χ0v) is 12.4. The Labute approximate surface area is 129 Å². The number of amides is 1. The maximum atomic E-state index is 11.3. The summed E-state index contributed by atoms with van der Waals surface area (Å²) in [5, 5.41) is 16.9. The van der Waals surface area contributed by atoms with Crippen LogP contribution in [0.25, 0.3) is 0 Å². The lowest BCUT2D eigenvalue weighted by Gasteiger charge is -2.19. The first-order chi connectivity index (χ1) is 10.5. The topological polar surface area (TPSA) is 106 Å². The van der Waals surface area contributed by atoms with Crippen molar-refractivity contribution in [3.8, 4) is 5.75 Å². The van der Waals surface area contributed by atoms with Gasteiger partial charge in [-0.05, 0) is 13.0 Å². The van der Waals surface area contributed by atoms with Gasteiger partial charge in [-0.3, -0.25) is 14.9 Å². The van der Waals surface area contributed by atoms with E-state index in [0.29, 0.717) is 23.7 Å². The first-order valence-electron chi connectivity index (χ1n) is 6.42. The number of thiazole rings is 1. The van der Waals surface area contributed by atoms with E-state index < -0.39 is 4.92 Å². The van der Waals surface area contributed by atoms with E-state index in [0.717, 1.165) is 10.6 Å². The third-order valence-electron chi connectivity index (χ3n) is 3.21. The molecule has 114 valence electrons. The molecule has 22 heavy (non-hydrogen) atoms. The molecule has 0 bridgehead atoms. The summed E-state index contributed by atoms with van der Waals surface area (Å²) >= 11 is 1.47. The van der Waals surface area contributed by atoms with Gasteiger partial charge in [-0.15, -0.1) is 11.3 Å². The lowest BCUT2D eigenvalue weighted by Crippen LogP contribution is -2.25. The van der Waals surface area contributed by atoms with Gasteiger partial charge in [-0.25, -0.2) is 4.98 Å². The Balaban J connectivity index is 1.91. The summed E-state index contributed by atoms with van der Waals surface area (Å²) in [6, 6.07) is 2.83. The number of carbonyl (C=O) groups excluding carboxylic acids is 1. The van der Waals surface area contributed by atoms with Gasteiger partial charge in [0, 0.05) is 4.88 Å². The maximum Gasteiger partial charge on any atom is 0.296 e. The molecule has 0 saturated heterocycles. The van der Waals surface area contributed by atoms with Crippen LogP contribution in [-0.2, 0) is 11.3 Å². The molecule has 0 spiro atoms. The highest BCUT2D eigenvalue weighted by molar-refractivity contribution is 7.09. The highest BCUT2D eigenvalue weighted by atomic mass is 32.1. The van der Waals surface area contributed by atoms with Crippen LogP contribution in [0.15, 0.2) is 17.6 Å². The molecule has 0 saturated carbocycles. The molecule has 3 rings (SSSR count). The van der Waals surface area contributed by atoms with E-state index in [-0.39, 0.29) is 18.2 Å². The minimum Gasteiger partial charge on any atom is -0.481 e. The SMILES string of the molecule is Cc1ncsc1CNc1cc2c(cc1[N+](=O)[O-])OCC(=O)N2. The number of ether oxygens (including phenoxy) is 1. The molecule has 2 N–H and O–H groups in total. The first-order valence-corrected chi connectivity index (χ1v) is 7.30. The molecule has 2 aromatic rings. The predicted molar refractivity (Wildman–Crippen MR) is 81.4 cm³/mol. The Kier molecular flexibility index (Phi) is 3.63. The normalized spacial score (nSPS) is 13.0. The predicted octanol–water partition coefficient (Wildman–Crippen LogP) is 2.30. The Hall–Kier alpha value is -2.68. The minimum absolute atomic E-state index is 0.0999. The van der Waals surface area contributed by atoms with Crippen LogP contribution >= 0.6 is 11.3 Å². The van der Waals surface area contributed by atoms with E-state index in [1.165, 1.54) is 23.5 Å². The molecule has 0 fully saturated rings. The number of aromatic nitrogens is 1. The van der Waals surface area contributed by atoms with Crippen LogP contribution in [0.3, 0.4) is 0 Å². The van der Waals surface area contributed by atoms with E-state index in [1.54, 1.807) is 5.51 Å². The van der Waals surface area contributed by atoms with Crippen molar-refractivity contribution in [3.05, 3.63) is 38.3 Å². The monoisotopic (exact) mass is 320 g/mol. The summed E-state index contributed by atoms with van der Waals surface area (Å²) in [4.78, 5) is 27.2. The summed E-state index contributed by atoms with van der Waals surface area (Å²) in [5.41, 5.74) is 3.25. The number of hydrogen-bond acceptors (Lipinski definition) is 7. The van der Waals surface area contributed by atoms with Crippen LogP contribution < -0.4 is 15.4 Å². The number of anilines is 2. The molecule has 1 aliphatic rings. The number of hydrogen-bond donors (Lipinski definition) is 2. The fourth-order valence-electron chi connectivity index (χ4n) is 2.08. The van der Waals surface area contributed by atoms with Crippen molar-refractivity contribution in [2.24, 2.45) is 0 Å². The number of nitrogens with one attached hydrogen (secondary N) is 2. The summed E-state index contributed by atoms with van der Waals surface area (Å²) in [5.74, 6) is 0.0106. The fraction of sp³-hybridized carbons (Fsp3) is 0.231. The number of nitrogens with zero attached hydrogens (tertiary/aromatic N) is 2. The van der Waals surface area contributed by atoms with E-state index in [4.69, 9.17) is 4.74 Å². The van der Waals surface area contributed by atoms with Crippen LogP contribution in [0.5, 0.6) is 5.75 Å². The van der Waals surface area contributed by atoms with Crippen molar-refractivity contribution in [2.45, 2.75) is 13.5 Å². The minimum atomic E-state index is -0.484. The number of benzene rings is 1. The van der Waals surface area contributed by atoms with Crippen LogP contribution in [0.1, 0.15) is 10.6 Å². The van der Waals surface area contributed by atoms with E-state index in [2.05, 4.69) is 15.6 Å². The van der Waals surface area contributed by atoms with Crippen molar-refractivity contribution in [3.63, 3.8) is 0 Å². The lowest BCUT2D eigenvalue weighted by molar-refractivity contribution is -0.384. The van der Waals surface area contributed by atoms with Crippen molar-refractivity contribution < 1.29 is 14.5 Å². The molecular weight excluding hydrogens is 308 g/mol. The number of aryl methyl sites for hydroxylation is 1. The molecule has 1 aromatic heterocycles. The molecule has 2 heterocycles. The van der Waals surface area contributed by atoms with Crippen molar-refractivity contribution >= 4 is 34.3 Å². The maximum absolute atomic E-state index is 11.3. The quantitative estimate of drug-likeness (QED) is 0.661. The molecule has 1 aliphatic heterocycles. The van der Waals surface area contributed by atoms with Gasteiger partial charge in [0.15, 0.2) is 12.4 Å². The van der Waals surface area contributed by atoms with E-state index in [1.807, 2.05) is 6.92 Å². The molecule has 1 amide bonds. The first kappa shape index (κ1) is 14.3. The molecular formula is C13H12N4O4S. The second-order valence-corrected chi connectivity index (χ2v) is 5.61.